The van der Waals surface area contributed by atoms with Crippen LogP contribution in [0.1, 0.15) is 31.9 Å². The van der Waals surface area contributed by atoms with Crippen molar-refractivity contribution in [3.63, 3.8) is 0 Å². The number of hydrogen-bond donors (Lipinski definition) is 3. The van der Waals surface area contributed by atoms with Gasteiger partial charge in [-0.1, -0.05) is 87.5 Å². The first-order chi connectivity index (χ1) is 19.2. The fourth-order valence-corrected chi connectivity index (χ4v) is 4.66. The molecule has 0 heterocycles. The fraction of sp³-hybridized carbons (Fsp3) is 0.265. The summed E-state index contributed by atoms with van der Waals surface area (Å²) in [6, 6.07) is 26.6. The van der Waals surface area contributed by atoms with E-state index in [0.29, 0.717) is 35.7 Å². The maximum Gasteiger partial charge on any atom is 0.132 e. The Kier molecular flexibility index (Phi) is 9.12. The monoisotopic (exact) mass is 538 g/mol. The van der Waals surface area contributed by atoms with Crippen molar-refractivity contribution in [1.29, 1.82) is 0 Å². The van der Waals surface area contributed by atoms with E-state index in [1.165, 1.54) is 0 Å². The Bertz CT molecular complexity index is 1470. The number of para-hydroxylation sites is 4. The second-order valence-corrected chi connectivity index (χ2v) is 10.7. The van der Waals surface area contributed by atoms with E-state index >= 15 is 0 Å². The summed E-state index contributed by atoms with van der Waals surface area (Å²) in [4.78, 5) is 4.89. The summed E-state index contributed by atoms with van der Waals surface area (Å²) in [5.41, 5.74) is 4.38. The number of aromatic hydroxyl groups is 2. The van der Waals surface area contributed by atoms with Crippen molar-refractivity contribution in [3.8, 4) is 45.3 Å². The molecule has 0 bridgehead atoms. The third-order valence-electron chi connectivity index (χ3n) is 7.03. The maximum absolute atomic E-state index is 11.1. The van der Waals surface area contributed by atoms with Crippen molar-refractivity contribution < 1.29 is 19.7 Å². The molecule has 0 spiro atoms. The molecular weight excluding hydrogens is 500 g/mol. The van der Waals surface area contributed by atoms with Crippen molar-refractivity contribution in [2.75, 3.05) is 20.8 Å². The van der Waals surface area contributed by atoms with E-state index in [2.05, 4.69) is 26.1 Å². The molecule has 6 heteroatoms. The quantitative estimate of drug-likeness (QED) is 0.188. The lowest BCUT2D eigenvalue weighted by Gasteiger charge is -2.28. The topological polar surface area (TPSA) is 83.3 Å². The molecule has 0 radical (unpaired) electrons. The van der Waals surface area contributed by atoms with Gasteiger partial charge in [-0.05, 0) is 23.6 Å². The van der Waals surface area contributed by atoms with Gasteiger partial charge in [0.1, 0.15) is 23.0 Å². The Morgan fingerprint density at radius 1 is 0.725 bits per heavy atom. The minimum Gasteiger partial charge on any atom is -0.507 e. The first-order valence-electron chi connectivity index (χ1n) is 13.4. The number of hydrogen-bond acceptors (Lipinski definition) is 6. The highest BCUT2D eigenvalue weighted by molar-refractivity contribution is 5.89. The second kappa shape index (κ2) is 12.7. The van der Waals surface area contributed by atoms with Crippen molar-refractivity contribution in [1.82, 2.24) is 5.32 Å². The van der Waals surface area contributed by atoms with E-state index < -0.39 is 0 Å². The molecule has 0 aliphatic carbocycles. The van der Waals surface area contributed by atoms with Gasteiger partial charge in [0.25, 0.3) is 0 Å². The zero-order valence-electron chi connectivity index (χ0n) is 23.8. The molecule has 0 fully saturated rings. The largest absolute Gasteiger partial charge is 0.507 e. The van der Waals surface area contributed by atoms with E-state index in [4.69, 9.17) is 14.5 Å². The average Bonchev–Trinajstić information content (AvgIpc) is 2.95. The lowest BCUT2D eigenvalue weighted by atomic mass is 9.87. The summed E-state index contributed by atoms with van der Waals surface area (Å²) >= 11 is 0. The minimum absolute atomic E-state index is 0.0821. The zero-order valence-corrected chi connectivity index (χ0v) is 23.8. The molecular formula is C34H38N2O4. The standard InChI is InChI=1S/C34H38N2O4/c1-34(2,3)31(36-21-24-13-11-17-28(33(24)38)26-15-7-9-19-30(26)40-5)22-35-20-23-12-10-16-27(32(23)37)25-14-6-8-18-29(25)39-4/h6-19,21,31,35,37-38H,20,22H2,1-5H3. The number of phenolic OH excluding ortho intramolecular Hbond substituents is 2. The summed E-state index contributed by atoms with van der Waals surface area (Å²) in [6.45, 7) is 7.49. The van der Waals surface area contributed by atoms with Gasteiger partial charge in [-0.25, -0.2) is 0 Å². The number of nitrogens with zero attached hydrogens (tertiary/aromatic N) is 1. The highest BCUT2D eigenvalue weighted by Gasteiger charge is 2.24. The van der Waals surface area contributed by atoms with Crippen LogP contribution >= 0.6 is 0 Å². The lowest BCUT2D eigenvalue weighted by molar-refractivity contribution is 0.311. The van der Waals surface area contributed by atoms with Gasteiger partial charge in [0, 0.05) is 52.7 Å². The summed E-state index contributed by atoms with van der Waals surface area (Å²) < 4.78 is 11.0. The van der Waals surface area contributed by atoms with Crippen LogP contribution in [-0.2, 0) is 6.54 Å². The third kappa shape index (κ3) is 6.46. The van der Waals surface area contributed by atoms with E-state index in [1.54, 1.807) is 20.4 Å². The maximum atomic E-state index is 11.1. The molecule has 3 N–H and O–H groups in total. The van der Waals surface area contributed by atoms with Crippen LogP contribution in [0.15, 0.2) is 89.9 Å². The molecule has 208 valence electrons. The Morgan fingerprint density at radius 3 is 1.82 bits per heavy atom. The molecule has 4 aromatic carbocycles. The van der Waals surface area contributed by atoms with Gasteiger partial charge in [0.05, 0.1) is 20.3 Å². The molecule has 0 aliphatic rings. The summed E-state index contributed by atoms with van der Waals surface area (Å²) in [6.07, 6.45) is 1.74. The SMILES string of the molecule is COc1ccccc1-c1cccc(C=NC(CNCc2cccc(-c3ccccc3OC)c2O)C(C)(C)C)c1O. The number of rotatable bonds is 10. The molecule has 1 unspecified atom stereocenters. The van der Waals surface area contributed by atoms with Crippen LogP contribution in [0, 0.1) is 5.41 Å². The van der Waals surface area contributed by atoms with Crippen molar-refractivity contribution in [2.24, 2.45) is 10.4 Å². The number of aliphatic imine (C=N–C) groups is 1. The Morgan fingerprint density at radius 2 is 1.25 bits per heavy atom. The fourth-order valence-electron chi connectivity index (χ4n) is 4.66. The Hall–Kier alpha value is -4.29. The predicted octanol–water partition coefficient (Wildman–Crippen LogP) is 7.07. The number of phenols is 2. The zero-order chi connectivity index (χ0) is 28.7. The molecule has 1 atom stereocenters. The van der Waals surface area contributed by atoms with E-state index in [0.717, 1.165) is 22.3 Å². The van der Waals surface area contributed by atoms with Crippen LogP contribution in [0.3, 0.4) is 0 Å². The molecule has 0 saturated heterocycles. The Labute approximate surface area is 237 Å². The van der Waals surface area contributed by atoms with Crippen LogP contribution in [0.2, 0.25) is 0 Å². The van der Waals surface area contributed by atoms with Crippen LogP contribution in [-0.4, -0.2) is 43.2 Å². The second-order valence-electron chi connectivity index (χ2n) is 10.7. The molecule has 0 aromatic heterocycles. The van der Waals surface area contributed by atoms with E-state index in [9.17, 15) is 10.2 Å². The van der Waals surface area contributed by atoms with Crippen molar-refractivity contribution in [3.05, 3.63) is 96.1 Å². The van der Waals surface area contributed by atoms with E-state index in [-0.39, 0.29) is 23.0 Å². The number of ether oxygens (including phenoxy) is 2. The minimum atomic E-state index is -0.138. The van der Waals surface area contributed by atoms with Gasteiger partial charge in [0.2, 0.25) is 0 Å². The third-order valence-corrected chi connectivity index (χ3v) is 7.03. The molecule has 6 nitrogen and oxygen atoms in total. The normalized spacial score (nSPS) is 12.4. The number of benzene rings is 4. The first-order valence-corrected chi connectivity index (χ1v) is 13.4. The summed E-state index contributed by atoms with van der Waals surface area (Å²) in [7, 11) is 3.25. The van der Waals surface area contributed by atoms with Crippen LogP contribution in [0.25, 0.3) is 22.3 Å². The average molecular weight is 539 g/mol. The number of methoxy groups -OCH3 is 2. The predicted molar refractivity (Wildman–Crippen MR) is 163 cm³/mol. The van der Waals surface area contributed by atoms with Crippen molar-refractivity contribution in [2.45, 2.75) is 33.4 Å². The summed E-state index contributed by atoms with van der Waals surface area (Å²) in [5.74, 6) is 1.80. The van der Waals surface area contributed by atoms with Crippen molar-refractivity contribution >= 4 is 6.21 Å². The Balaban J connectivity index is 1.51. The molecule has 4 rings (SSSR count). The number of nitrogens with one attached hydrogen (secondary N) is 1. The van der Waals surface area contributed by atoms with Crippen LogP contribution < -0.4 is 14.8 Å². The lowest BCUT2D eigenvalue weighted by Crippen LogP contribution is -2.35. The van der Waals surface area contributed by atoms with Crippen LogP contribution in [0.5, 0.6) is 23.0 Å². The van der Waals surface area contributed by atoms with E-state index in [1.807, 2.05) is 84.9 Å². The smallest absolute Gasteiger partial charge is 0.132 e. The van der Waals surface area contributed by atoms with Gasteiger partial charge in [-0.2, -0.15) is 0 Å². The van der Waals surface area contributed by atoms with Gasteiger partial charge in [-0.15, -0.1) is 0 Å². The molecule has 4 aromatic rings. The van der Waals surface area contributed by atoms with Gasteiger partial charge >= 0.3 is 0 Å². The molecule has 40 heavy (non-hydrogen) atoms. The highest BCUT2D eigenvalue weighted by Crippen LogP contribution is 2.38. The molecule has 0 amide bonds. The van der Waals surface area contributed by atoms with Gasteiger partial charge in [0.15, 0.2) is 0 Å². The molecule has 0 aliphatic heterocycles. The van der Waals surface area contributed by atoms with Crippen LogP contribution in [0.4, 0.5) is 0 Å². The summed E-state index contributed by atoms with van der Waals surface area (Å²) in [5, 5.41) is 25.6. The molecule has 0 saturated carbocycles. The van der Waals surface area contributed by atoms with Gasteiger partial charge in [-0.3, -0.25) is 4.99 Å². The first kappa shape index (κ1) is 28.7. The highest BCUT2D eigenvalue weighted by atomic mass is 16.5. The van der Waals surface area contributed by atoms with Gasteiger partial charge < -0.3 is 25.0 Å².